The number of H-pyrrole nitrogens is 2. The number of aliphatic hydroxyl groups excluding tert-OH is 1. The maximum absolute atomic E-state index is 12.0. The minimum atomic E-state index is -0.546. The van der Waals surface area contributed by atoms with Gasteiger partial charge in [0.15, 0.2) is 0 Å². The Labute approximate surface area is 125 Å². The average molecular weight is 310 g/mol. The number of aromatic amines is 2. The third-order valence-electron chi connectivity index (χ3n) is 4.72. The van der Waals surface area contributed by atoms with E-state index in [4.69, 9.17) is 11.6 Å². The summed E-state index contributed by atoms with van der Waals surface area (Å²) in [6.07, 6.45) is 3.04. The van der Waals surface area contributed by atoms with Crippen LogP contribution >= 0.6 is 11.6 Å². The Kier molecular flexibility index (Phi) is 3.02. The van der Waals surface area contributed by atoms with Crippen LogP contribution in [0.15, 0.2) is 11.0 Å². The molecule has 0 spiro atoms. The Morgan fingerprint density at radius 3 is 2.90 bits per heavy atom. The summed E-state index contributed by atoms with van der Waals surface area (Å²) in [7, 11) is 0. The van der Waals surface area contributed by atoms with Gasteiger partial charge >= 0.3 is 0 Å². The second-order valence-corrected chi connectivity index (χ2v) is 6.31. The zero-order chi connectivity index (χ0) is 14.6. The predicted octanol–water partition coefficient (Wildman–Crippen LogP) is 0.381. The van der Waals surface area contributed by atoms with Crippen LogP contribution in [0.2, 0.25) is 0 Å². The number of fused-ring (bicyclic) bond motifs is 4. The molecule has 3 unspecified atom stereocenters. The quantitative estimate of drug-likeness (QED) is 0.697. The first-order valence-corrected chi connectivity index (χ1v) is 7.58. The number of aromatic nitrogens is 4. The normalized spacial score (nSPS) is 33.4. The molecule has 3 N–H and O–H groups in total. The van der Waals surface area contributed by atoms with Gasteiger partial charge < -0.3 is 10.1 Å². The number of hydrogen-bond acceptors (Lipinski definition) is 5. The molecule has 8 heteroatoms. The first-order chi connectivity index (χ1) is 10.1. The van der Waals surface area contributed by atoms with Crippen LogP contribution in [0.3, 0.4) is 0 Å². The van der Waals surface area contributed by atoms with Gasteiger partial charge in [0.1, 0.15) is 22.2 Å². The molecule has 7 nitrogen and oxygen atoms in total. The lowest BCUT2D eigenvalue weighted by atomic mass is 9.79. The van der Waals surface area contributed by atoms with Crippen molar-refractivity contribution in [1.82, 2.24) is 25.1 Å². The van der Waals surface area contributed by atoms with Crippen LogP contribution in [0.25, 0.3) is 11.0 Å². The first-order valence-electron chi connectivity index (χ1n) is 7.14. The molecule has 3 fully saturated rings. The largest absolute Gasteiger partial charge is 0.391 e. The van der Waals surface area contributed by atoms with Crippen LogP contribution in [0, 0.1) is 5.92 Å². The summed E-state index contributed by atoms with van der Waals surface area (Å²) in [6, 6.07) is -0.202. The highest BCUT2D eigenvalue weighted by Gasteiger charge is 2.45. The maximum Gasteiger partial charge on any atom is 0.276 e. The van der Waals surface area contributed by atoms with Crippen molar-refractivity contribution in [2.75, 3.05) is 13.1 Å². The van der Waals surface area contributed by atoms with Gasteiger partial charge in [0.05, 0.1) is 18.3 Å². The number of aliphatic hydroxyl groups is 1. The third-order valence-corrected chi connectivity index (χ3v) is 5.18. The van der Waals surface area contributed by atoms with Gasteiger partial charge in [-0.1, -0.05) is 0 Å². The molecule has 2 bridgehead atoms. The van der Waals surface area contributed by atoms with Gasteiger partial charge in [-0.2, -0.15) is 5.10 Å². The number of nitrogens with zero attached hydrogens (tertiary/aromatic N) is 3. The Hall–Kier alpha value is -1.44. The van der Waals surface area contributed by atoms with Gasteiger partial charge in [-0.3, -0.25) is 14.8 Å². The minimum absolute atomic E-state index is 0.202. The topological polar surface area (TPSA) is 97.9 Å². The van der Waals surface area contributed by atoms with Gasteiger partial charge in [-0.05, 0) is 31.8 Å². The second-order valence-electron chi connectivity index (χ2n) is 5.84. The fourth-order valence-corrected chi connectivity index (χ4v) is 3.98. The minimum Gasteiger partial charge on any atom is -0.391 e. The molecule has 2 aromatic rings. The molecular formula is C13H16ClN5O2. The number of halogens is 1. The molecule has 3 atom stereocenters. The summed E-state index contributed by atoms with van der Waals surface area (Å²) in [6.45, 7) is 1.88. The molecule has 3 aliphatic rings. The van der Waals surface area contributed by atoms with Crippen molar-refractivity contribution in [3.8, 4) is 0 Å². The monoisotopic (exact) mass is 309 g/mol. The van der Waals surface area contributed by atoms with E-state index in [2.05, 4.69) is 25.1 Å². The zero-order valence-corrected chi connectivity index (χ0v) is 12.0. The first kappa shape index (κ1) is 13.2. The van der Waals surface area contributed by atoms with Crippen LogP contribution in [0.5, 0.6) is 0 Å². The molecule has 0 aromatic carbocycles. The van der Waals surface area contributed by atoms with E-state index >= 15 is 0 Å². The molecular weight excluding hydrogens is 294 g/mol. The summed E-state index contributed by atoms with van der Waals surface area (Å²) in [5, 5.41) is 16.4. The highest BCUT2D eigenvalue weighted by Crippen LogP contribution is 2.39. The molecule has 3 saturated heterocycles. The molecule has 21 heavy (non-hydrogen) atoms. The summed E-state index contributed by atoms with van der Waals surface area (Å²) in [4.78, 5) is 21.3. The van der Waals surface area contributed by atoms with E-state index in [1.807, 2.05) is 0 Å². The molecule has 0 saturated carbocycles. The number of hydrogen-bond donors (Lipinski definition) is 3. The van der Waals surface area contributed by atoms with E-state index in [1.165, 1.54) is 6.20 Å². The van der Waals surface area contributed by atoms with E-state index in [-0.39, 0.29) is 11.6 Å². The lowest BCUT2D eigenvalue weighted by molar-refractivity contribution is -0.0740. The Balaban J connectivity index is 1.72. The van der Waals surface area contributed by atoms with Crippen LogP contribution < -0.4 is 5.56 Å². The van der Waals surface area contributed by atoms with Crippen LogP contribution in [0.1, 0.15) is 24.0 Å². The lowest BCUT2D eigenvalue weighted by Crippen LogP contribution is -2.59. The maximum atomic E-state index is 12.0. The van der Waals surface area contributed by atoms with Gasteiger partial charge in [0, 0.05) is 0 Å². The molecule has 2 aromatic heterocycles. The number of nitrogens with one attached hydrogen (secondary N) is 2. The Morgan fingerprint density at radius 2 is 2.19 bits per heavy atom. The van der Waals surface area contributed by atoms with Crippen molar-refractivity contribution in [2.24, 2.45) is 5.92 Å². The Morgan fingerprint density at radius 1 is 1.43 bits per heavy atom. The number of piperidine rings is 3. The molecule has 0 radical (unpaired) electrons. The smallest absolute Gasteiger partial charge is 0.276 e. The van der Waals surface area contributed by atoms with Crippen molar-refractivity contribution in [3.63, 3.8) is 0 Å². The molecule has 3 aliphatic heterocycles. The predicted molar refractivity (Wildman–Crippen MR) is 77.2 cm³/mol. The summed E-state index contributed by atoms with van der Waals surface area (Å²) in [5.74, 6) is 0.692. The van der Waals surface area contributed by atoms with E-state index < -0.39 is 11.5 Å². The standard InChI is InChI=1S/C13H16ClN5O2/c14-8(10-11(20)6-1-3-19(10)4-2-6)12-16-7-5-15-18-9(7)13(21)17-12/h5-6,8,10-11,20H,1-4H2,(H,15,18)(H,16,17,21). The average Bonchev–Trinajstić information content (AvgIpc) is 2.97. The number of alkyl halides is 1. The molecule has 5 heterocycles. The lowest BCUT2D eigenvalue weighted by Gasteiger charge is -2.50. The molecule has 112 valence electrons. The zero-order valence-electron chi connectivity index (χ0n) is 11.3. The molecule has 5 rings (SSSR count). The van der Waals surface area contributed by atoms with Gasteiger partial charge in [0.25, 0.3) is 5.56 Å². The Bertz CT molecular complexity index is 719. The molecule has 0 amide bonds. The van der Waals surface area contributed by atoms with E-state index in [1.54, 1.807) is 0 Å². The number of rotatable bonds is 2. The van der Waals surface area contributed by atoms with Crippen LogP contribution in [-0.4, -0.2) is 55.4 Å². The molecule has 0 aliphatic carbocycles. The van der Waals surface area contributed by atoms with Gasteiger partial charge in [-0.25, -0.2) is 4.98 Å². The summed E-state index contributed by atoms with van der Waals surface area (Å²) >= 11 is 6.55. The van der Waals surface area contributed by atoms with Crippen molar-refractivity contribution >= 4 is 22.6 Å². The van der Waals surface area contributed by atoms with E-state index in [0.717, 1.165) is 25.9 Å². The highest BCUT2D eigenvalue weighted by atomic mass is 35.5. The van der Waals surface area contributed by atoms with Gasteiger partial charge in [0.2, 0.25) is 0 Å². The highest BCUT2D eigenvalue weighted by molar-refractivity contribution is 6.21. The fourth-order valence-electron chi connectivity index (χ4n) is 3.57. The van der Waals surface area contributed by atoms with Gasteiger partial charge in [-0.15, -0.1) is 11.6 Å². The summed E-state index contributed by atoms with van der Waals surface area (Å²) in [5.41, 5.74) is 0.544. The SMILES string of the molecule is O=c1[nH]c(C(Cl)C2C(O)C3CCN2CC3)nc2cn[nH]c12. The third kappa shape index (κ3) is 1.99. The van der Waals surface area contributed by atoms with Crippen molar-refractivity contribution < 1.29 is 5.11 Å². The fraction of sp³-hybridized carbons (Fsp3) is 0.615. The van der Waals surface area contributed by atoms with Crippen LogP contribution in [-0.2, 0) is 0 Å². The van der Waals surface area contributed by atoms with Crippen molar-refractivity contribution in [2.45, 2.75) is 30.4 Å². The van der Waals surface area contributed by atoms with Crippen molar-refractivity contribution in [3.05, 3.63) is 22.4 Å². The van der Waals surface area contributed by atoms with E-state index in [9.17, 15) is 9.90 Å². The van der Waals surface area contributed by atoms with E-state index in [0.29, 0.717) is 22.8 Å². The summed E-state index contributed by atoms with van der Waals surface area (Å²) < 4.78 is 0. The van der Waals surface area contributed by atoms with Crippen molar-refractivity contribution in [1.29, 1.82) is 0 Å². The second kappa shape index (κ2) is 4.79. The van der Waals surface area contributed by atoms with Crippen LogP contribution in [0.4, 0.5) is 0 Å².